The van der Waals surface area contributed by atoms with E-state index in [0.29, 0.717) is 18.9 Å². The smallest absolute Gasteiger partial charge is 0.258 e. The fraction of sp³-hybridized carbons (Fsp3) is 0.333. The highest BCUT2D eigenvalue weighted by Gasteiger charge is 2.15. The Labute approximate surface area is 176 Å². The van der Waals surface area contributed by atoms with Crippen LogP contribution < -0.4 is 19.7 Å². The first-order valence-corrected chi connectivity index (χ1v) is 10.5. The molecule has 1 fully saturated rings. The third kappa shape index (κ3) is 4.64. The molecule has 0 aliphatic carbocycles. The maximum atomic E-state index is 12.4. The molecular weight excluding hydrogens is 378 g/mol. The second-order valence-electron chi connectivity index (χ2n) is 7.30. The van der Waals surface area contributed by atoms with Crippen LogP contribution in [0.2, 0.25) is 0 Å². The Morgan fingerprint density at radius 3 is 2.63 bits per heavy atom. The molecule has 3 aromatic rings. The average Bonchev–Trinajstić information content (AvgIpc) is 3.32. The van der Waals surface area contributed by atoms with Crippen LogP contribution >= 0.6 is 0 Å². The fourth-order valence-electron chi connectivity index (χ4n) is 3.68. The predicted molar refractivity (Wildman–Crippen MR) is 118 cm³/mol. The monoisotopic (exact) mass is 405 g/mol. The molecule has 6 heteroatoms. The van der Waals surface area contributed by atoms with Gasteiger partial charge in [0, 0.05) is 30.6 Å². The summed E-state index contributed by atoms with van der Waals surface area (Å²) in [6, 6.07) is 17.6. The lowest BCUT2D eigenvalue weighted by molar-refractivity contribution is -0.123. The topological polar surface area (TPSA) is 63.7 Å². The molecule has 0 bridgehead atoms. The van der Waals surface area contributed by atoms with Crippen LogP contribution in [0.3, 0.4) is 0 Å². The zero-order chi connectivity index (χ0) is 20.8. The van der Waals surface area contributed by atoms with E-state index in [4.69, 9.17) is 14.5 Å². The summed E-state index contributed by atoms with van der Waals surface area (Å²) in [6.07, 6.45) is 2.40. The van der Waals surface area contributed by atoms with Gasteiger partial charge >= 0.3 is 0 Å². The third-order valence-corrected chi connectivity index (χ3v) is 5.21. The van der Waals surface area contributed by atoms with Crippen molar-refractivity contribution in [1.82, 2.24) is 10.3 Å². The first-order valence-electron chi connectivity index (χ1n) is 10.5. The molecule has 0 unspecified atom stereocenters. The number of rotatable bonds is 8. The highest BCUT2D eigenvalue weighted by atomic mass is 16.5. The van der Waals surface area contributed by atoms with Gasteiger partial charge in [-0.25, -0.2) is 4.98 Å². The summed E-state index contributed by atoms with van der Waals surface area (Å²) >= 11 is 0. The van der Waals surface area contributed by atoms with Crippen molar-refractivity contribution >= 4 is 22.6 Å². The number of aromatic nitrogens is 1. The molecular formula is C24H27N3O3. The quantitative estimate of drug-likeness (QED) is 0.615. The molecule has 2 aromatic carbocycles. The van der Waals surface area contributed by atoms with Gasteiger partial charge < -0.3 is 19.7 Å². The maximum Gasteiger partial charge on any atom is 0.258 e. The van der Waals surface area contributed by atoms with Crippen LogP contribution in [0.5, 0.6) is 11.5 Å². The molecule has 0 atom stereocenters. The van der Waals surface area contributed by atoms with Crippen LogP contribution in [0.15, 0.2) is 54.6 Å². The Morgan fingerprint density at radius 2 is 1.80 bits per heavy atom. The number of hydrogen-bond acceptors (Lipinski definition) is 5. The molecule has 156 valence electrons. The summed E-state index contributed by atoms with van der Waals surface area (Å²) in [5, 5.41) is 3.90. The Balaban J connectivity index is 1.40. The molecule has 4 rings (SSSR count). The zero-order valence-corrected chi connectivity index (χ0v) is 17.3. The van der Waals surface area contributed by atoms with Gasteiger partial charge in [-0.05, 0) is 44.0 Å². The van der Waals surface area contributed by atoms with E-state index in [1.54, 1.807) is 0 Å². The van der Waals surface area contributed by atoms with Crippen LogP contribution in [0.4, 0.5) is 5.82 Å². The minimum Gasteiger partial charge on any atom is -0.494 e. The van der Waals surface area contributed by atoms with Gasteiger partial charge in [0.15, 0.2) is 6.61 Å². The van der Waals surface area contributed by atoms with Crippen LogP contribution in [0, 0.1) is 0 Å². The predicted octanol–water partition coefficient (Wildman–Crippen LogP) is 3.93. The van der Waals surface area contributed by atoms with Crippen LogP contribution in [0.25, 0.3) is 10.9 Å². The van der Waals surface area contributed by atoms with E-state index < -0.39 is 0 Å². The molecule has 0 saturated carbocycles. The molecule has 1 saturated heterocycles. The Morgan fingerprint density at radius 1 is 1.00 bits per heavy atom. The second kappa shape index (κ2) is 9.48. The van der Waals surface area contributed by atoms with Gasteiger partial charge in [0.05, 0.1) is 6.61 Å². The SMILES string of the molecule is CCOc1ccccc1CNC(=O)COc1cccc2ccc(N3CCCC3)nc12. The molecule has 1 aliphatic rings. The van der Waals surface area contributed by atoms with Gasteiger partial charge in [-0.2, -0.15) is 0 Å². The number of pyridine rings is 1. The van der Waals surface area contributed by atoms with Crippen molar-refractivity contribution in [3.63, 3.8) is 0 Å². The van der Waals surface area contributed by atoms with Crippen molar-refractivity contribution in [3.05, 3.63) is 60.2 Å². The Kier molecular flexibility index (Phi) is 6.32. The first-order chi connectivity index (χ1) is 14.7. The second-order valence-corrected chi connectivity index (χ2v) is 7.30. The molecule has 0 radical (unpaired) electrons. The largest absolute Gasteiger partial charge is 0.494 e. The molecule has 30 heavy (non-hydrogen) atoms. The lowest BCUT2D eigenvalue weighted by atomic mass is 10.2. The van der Waals surface area contributed by atoms with Crippen molar-refractivity contribution in [1.29, 1.82) is 0 Å². The van der Waals surface area contributed by atoms with E-state index in [-0.39, 0.29) is 12.5 Å². The van der Waals surface area contributed by atoms with Crippen molar-refractivity contribution in [2.45, 2.75) is 26.3 Å². The molecule has 2 heterocycles. The molecule has 1 N–H and O–H groups in total. The lowest BCUT2D eigenvalue weighted by Gasteiger charge is -2.17. The van der Waals surface area contributed by atoms with Crippen molar-refractivity contribution in [3.8, 4) is 11.5 Å². The normalized spacial score (nSPS) is 13.4. The standard InChI is InChI=1S/C24H27N3O3/c1-2-29-20-10-4-3-8-19(20)16-25-23(28)17-30-21-11-7-9-18-12-13-22(26-24(18)21)27-14-5-6-15-27/h3-4,7-13H,2,5-6,14-17H2,1H3,(H,25,28). The number of nitrogens with zero attached hydrogens (tertiary/aromatic N) is 2. The van der Waals surface area contributed by atoms with Crippen LogP contribution in [0.1, 0.15) is 25.3 Å². The van der Waals surface area contributed by atoms with Crippen molar-refractivity contribution < 1.29 is 14.3 Å². The summed E-state index contributed by atoms with van der Waals surface area (Å²) < 4.78 is 11.4. The number of amides is 1. The number of carbonyl (C=O) groups excluding carboxylic acids is 1. The Bertz CT molecular complexity index is 1020. The van der Waals surface area contributed by atoms with Gasteiger partial charge in [0.1, 0.15) is 22.8 Å². The van der Waals surface area contributed by atoms with Gasteiger partial charge in [-0.3, -0.25) is 4.79 Å². The summed E-state index contributed by atoms with van der Waals surface area (Å²) in [5.41, 5.74) is 1.73. The summed E-state index contributed by atoms with van der Waals surface area (Å²) in [7, 11) is 0. The highest BCUT2D eigenvalue weighted by Crippen LogP contribution is 2.27. The number of anilines is 1. The molecule has 0 spiro atoms. The van der Waals surface area contributed by atoms with Gasteiger partial charge in [0.25, 0.3) is 5.91 Å². The average molecular weight is 405 g/mol. The minimum absolute atomic E-state index is 0.0640. The highest BCUT2D eigenvalue weighted by molar-refractivity contribution is 5.86. The zero-order valence-electron chi connectivity index (χ0n) is 17.3. The van der Waals surface area contributed by atoms with Crippen LogP contribution in [-0.2, 0) is 11.3 Å². The number of ether oxygens (including phenoxy) is 2. The van der Waals surface area contributed by atoms with E-state index in [0.717, 1.165) is 41.1 Å². The molecule has 1 amide bonds. The van der Waals surface area contributed by atoms with Crippen LogP contribution in [-0.4, -0.2) is 37.2 Å². The number of hydrogen-bond donors (Lipinski definition) is 1. The number of para-hydroxylation sites is 2. The number of fused-ring (bicyclic) bond motifs is 1. The Hall–Kier alpha value is -3.28. The number of benzene rings is 2. The minimum atomic E-state index is -0.186. The third-order valence-electron chi connectivity index (χ3n) is 5.21. The summed E-state index contributed by atoms with van der Waals surface area (Å²) in [6.45, 7) is 4.93. The lowest BCUT2D eigenvalue weighted by Crippen LogP contribution is -2.28. The van der Waals surface area contributed by atoms with E-state index in [1.807, 2.05) is 49.4 Å². The van der Waals surface area contributed by atoms with Gasteiger partial charge in [-0.1, -0.05) is 30.3 Å². The molecule has 1 aromatic heterocycles. The van der Waals surface area contributed by atoms with Gasteiger partial charge in [0.2, 0.25) is 0 Å². The number of carbonyl (C=O) groups is 1. The molecule has 1 aliphatic heterocycles. The summed E-state index contributed by atoms with van der Waals surface area (Å²) in [4.78, 5) is 19.5. The van der Waals surface area contributed by atoms with Crippen molar-refractivity contribution in [2.24, 2.45) is 0 Å². The maximum absolute atomic E-state index is 12.4. The molecule has 6 nitrogen and oxygen atoms in total. The summed E-state index contributed by atoms with van der Waals surface area (Å²) in [5.74, 6) is 2.19. The van der Waals surface area contributed by atoms with Gasteiger partial charge in [-0.15, -0.1) is 0 Å². The van der Waals surface area contributed by atoms with E-state index in [9.17, 15) is 4.79 Å². The van der Waals surface area contributed by atoms with E-state index in [2.05, 4.69) is 22.3 Å². The number of nitrogens with one attached hydrogen (secondary N) is 1. The van der Waals surface area contributed by atoms with E-state index in [1.165, 1.54) is 12.8 Å². The van der Waals surface area contributed by atoms with E-state index >= 15 is 0 Å². The fourth-order valence-corrected chi connectivity index (χ4v) is 3.68. The van der Waals surface area contributed by atoms with Crippen molar-refractivity contribution in [2.75, 3.05) is 31.2 Å². The first kappa shape index (κ1) is 20.0.